The molecular weight excluding hydrogens is 256 g/mol. The van der Waals surface area contributed by atoms with Crippen molar-refractivity contribution in [3.8, 4) is 0 Å². The SMILES string of the molecule is O=C(O)CN(CC(=O)O)c1nccc2sccc12. The van der Waals surface area contributed by atoms with Gasteiger partial charge in [-0.2, -0.15) is 0 Å². The number of carboxylic acid groups (broad SMARTS) is 2. The normalized spacial score (nSPS) is 10.4. The Morgan fingerprint density at radius 2 is 1.89 bits per heavy atom. The van der Waals surface area contributed by atoms with E-state index in [2.05, 4.69) is 4.98 Å². The van der Waals surface area contributed by atoms with Crippen LogP contribution in [0.4, 0.5) is 5.82 Å². The fraction of sp³-hybridized carbons (Fsp3) is 0.182. The van der Waals surface area contributed by atoms with Gasteiger partial charge in [0.15, 0.2) is 0 Å². The van der Waals surface area contributed by atoms with Gasteiger partial charge in [0.25, 0.3) is 0 Å². The molecule has 0 bridgehead atoms. The fourth-order valence-electron chi connectivity index (χ4n) is 1.66. The molecule has 6 nitrogen and oxygen atoms in total. The average molecular weight is 266 g/mol. The fourth-order valence-corrected chi connectivity index (χ4v) is 2.44. The van der Waals surface area contributed by atoms with Crippen molar-refractivity contribution in [1.29, 1.82) is 0 Å². The number of nitrogens with zero attached hydrogens (tertiary/aromatic N) is 2. The van der Waals surface area contributed by atoms with Crippen molar-refractivity contribution in [1.82, 2.24) is 4.98 Å². The molecule has 0 aliphatic carbocycles. The van der Waals surface area contributed by atoms with Crippen LogP contribution in [-0.4, -0.2) is 40.2 Å². The van der Waals surface area contributed by atoms with E-state index < -0.39 is 25.0 Å². The number of carbonyl (C=O) groups is 2. The summed E-state index contributed by atoms with van der Waals surface area (Å²) in [6.45, 7) is -0.789. The second kappa shape index (κ2) is 5.01. The molecule has 2 heterocycles. The molecule has 2 rings (SSSR count). The van der Waals surface area contributed by atoms with Gasteiger partial charge in [0.1, 0.15) is 18.9 Å². The number of pyridine rings is 1. The maximum absolute atomic E-state index is 10.8. The number of hydrogen-bond donors (Lipinski definition) is 2. The Balaban J connectivity index is 2.42. The smallest absolute Gasteiger partial charge is 0.323 e. The highest BCUT2D eigenvalue weighted by Gasteiger charge is 2.17. The van der Waals surface area contributed by atoms with E-state index in [4.69, 9.17) is 10.2 Å². The third-order valence-electron chi connectivity index (χ3n) is 2.31. The van der Waals surface area contributed by atoms with Gasteiger partial charge in [0.05, 0.1) is 0 Å². The van der Waals surface area contributed by atoms with E-state index in [-0.39, 0.29) is 0 Å². The number of fused-ring (bicyclic) bond motifs is 1. The molecule has 2 N–H and O–H groups in total. The van der Waals surface area contributed by atoms with Crippen LogP contribution in [0.15, 0.2) is 23.7 Å². The van der Waals surface area contributed by atoms with E-state index in [1.165, 1.54) is 16.2 Å². The van der Waals surface area contributed by atoms with E-state index in [9.17, 15) is 9.59 Å². The molecule has 2 aromatic rings. The number of hydrogen-bond acceptors (Lipinski definition) is 5. The highest BCUT2D eigenvalue weighted by atomic mass is 32.1. The molecule has 94 valence electrons. The number of thiophene rings is 1. The average Bonchev–Trinajstić information content (AvgIpc) is 2.74. The Morgan fingerprint density at radius 1 is 1.22 bits per heavy atom. The molecule has 0 saturated carbocycles. The summed E-state index contributed by atoms with van der Waals surface area (Å²) in [6.07, 6.45) is 1.55. The molecule has 0 fully saturated rings. The molecule has 0 aliphatic rings. The highest BCUT2D eigenvalue weighted by molar-refractivity contribution is 7.17. The molecule has 0 saturated heterocycles. The summed E-state index contributed by atoms with van der Waals surface area (Å²) in [4.78, 5) is 26.9. The summed E-state index contributed by atoms with van der Waals surface area (Å²) in [5, 5.41) is 20.3. The maximum atomic E-state index is 10.8. The molecule has 0 aliphatic heterocycles. The van der Waals surface area contributed by atoms with Crippen molar-refractivity contribution in [2.24, 2.45) is 0 Å². The van der Waals surface area contributed by atoms with Gasteiger partial charge in [-0.25, -0.2) is 4.98 Å². The molecule has 18 heavy (non-hydrogen) atoms. The molecule has 0 atom stereocenters. The van der Waals surface area contributed by atoms with Crippen LogP contribution in [0.25, 0.3) is 10.1 Å². The Morgan fingerprint density at radius 3 is 2.50 bits per heavy atom. The second-order valence-electron chi connectivity index (χ2n) is 3.61. The predicted molar refractivity (Wildman–Crippen MR) is 67.1 cm³/mol. The molecule has 0 spiro atoms. The number of anilines is 1. The van der Waals surface area contributed by atoms with Gasteiger partial charge < -0.3 is 15.1 Å². The zero-order valence-corrected chi connectivity index (χ0v) is 10.1. The molecule has 7 heteroatoms. The standard InChI is InChI=1S/C11H10N2O4S/c14-9(15)5-13(6-10(16)17)11-7-2-4-18-8(7)1-3-12-11/h1-4H,5-6H2,(H,14,15)(H,16,17). The molecular formula is C11H10N2O4S. The van der Waals surface area contributed by atoms with Crippen LogP contribution in [0.3, 0.4) is 0 Å². The summed E-state index contributed by atoms with van der Waals surface area (Å²) in [5.74, 6) is -1.80. The van der Waals surface area contributed by atoms with Gasteiger partial charge in [0, 0.05) is 16.3 Å². The number of rotatable bonds is 5. The van der Waals surface area contributed by atoms with Crippen LogP contribution in [0.5, 0.6) is 0 Å². The number of carboxylic acids is 2. The Hall–Kier alpha value is -2.15. The lowest BCUT2D eigenvalue weighted by Gasteiger charge is -2.20. The van der Waals surface area contributed by atoms with Gasteiger partial charge in [0.2, 0.25) is 0 Å². The van der Waals surface area contributed by atoms with Crippen LogP contribution < -0.4 is 4.90 Å². The van der Waals surface area contributed by atoms with Crippen molar-refractivity contribution in [3.63, 3.8) is 0 Å². The van der Waals surface area contributed by atoms with E-state index in [1.807, 2.05) is 11.4 Å². The quantitative estimate of drug-likeness (QED) is 0.847. The molecule has 0 radical (unpaired) electrons. The van der Waals surface area contributed by atoms with Gasteiger partial charge in [-0.05, 0) is 17.5 Å². The van der Waals surface area contributed by atoms with Gasteiger partial charge in [-0.3, -0.25) is 9.59 Å². The Labute approximate surface area is 106 Å². The van der Waals surface area contributed by atoms with Crippen LogP contribution in [0.2, 0.25) is 0 Å². The Kier molecular flexibility index (Phi) is 3.42. The summed E-state index contributed by atoms with van der Waals surface area (Å²) in [6, 6.07) is 3.61. The first-order chi connectivity index (χ1) is 8.58. The lowest BCUT2D eigenvalue weighted by molar-refractivity contribution is -0.136. The summed E-state index contributed by atoms with van der Waals surface area (Å²) < 4.78 is 0.945. The van der Waals surface area contributed by atoms with E-state index in [0.29, 0.717) is 5.82 Å². The third-order valence-corrected chi connectivity index (χ3v) is 3.19. The van der Waals surface area contributed by atoms with Crippen LogP contribution >= 0.6 is 11.3 Å². The van der Waals surface area contributed by atoms with Crippen LogP contribution in [0, 0.1) is 0 Å². The summed E-state index contributed by atoms with van der Waals surface area (Å²) in [7, 11) is 0. The maximum Gasteiger partial charge on any atom is 0.323 e. The predicted octanol–water partition coefficient (Wildman–Crippen LogP) is 1.27. The van der Waals surface area contributed by atoms with Crippen molar-refractivity contribution < 1.29 is 19.8 Å². The van der Waals surface area contributed by atoms with Crippen molar-refractivity contribution in [2.75, 3.05) is 18.0 Å². The van der Waals surface area contributed by atoms with Gasteiger partial charge in [-0.1, -0.05) is 0 Å². The van der Waals surface area contributed by atoms with E-state index >= 15 is 0 Å². The lowest BCUT2D eigenvalue weighted by atomic mass is 10.3. The highest BCUT2D eigenvalue weighted by Crippen LogP contribution is 2.28. The minimum atomic E-state index is -1.09. The van der Waals surface area contributed by atoms with Crippen LogP contribution in [0.1, 0.15) is 0 Å². The first-order valence-electron chi connectivity index (χ1n) is 5.08. The Bertz CT molecular complexity index is 579. The minimum absolute atomic E-state index is 0.388. The first-order valence-corrected chi connectivity index (χ1v) is 5.96. The zero-order chi connectivity index (χ0) is 13.1. The largest absolute Gasteiger partial charge is 0.480 e. The topological polar surface area (TPSA) is 90.7 Å². The van der Waals surface area contributed by atoms with Gasteiger partial charge >= 0.3 is 11.9 Å². The molecule has 0 aromatic carbocycles. The zero-order valence-electron chi connectivity index (χ0n) is 9.24. The minimum Gasteiger partial charge on any atom is -0.480 e. The van der Waals surface area contributed by atoms with Crippen LogP contribution in [-0.2, 0) is 9.59 Å². The first kappa shape index (κ1) is 12.3. The molecule has 2 aromatic heterocycles. The lowest BCUT2D eigenvalue weighted by Crippen LogP contribution is -2.35. The number of aromatic nitrogens is 1. The molecule has 0 unspecified atom stereocenters. The summed E-state index contributed by atoms with van der Waals surface area (Å²) in [5.41, 5.74) is 0. The van der Waals surface area contributed by atoms with Crippen molar-refractivity contribution in [2.45, 2.75) is 0 Å². The molecule has 0 amide bonds. The monoisotopic (exact) mass is 266 g/mol. The summed E-state index contributed by atoms with van der Waals surface area (Å²) >= 11 is 1.50. The second-order valence-corrected chi connectivity index (χ2v) is 4.56. The van der Waals surface area contributed by atoms with Crippen molar-refractivity contribution in [3.05, 3.63) is 23.7 Å². The van der Waals surface area contributed by atoms with E-state index in [0.717, 1.165) is 10.1 Å². The van der Waals surface area contributed by atoms with Gasteiger partial charge in [-0.15, -0.1) is 11.3 Å². The van der Waals surface area contributed by atoms with Crippen molar-refractivity contribution >= 4 is 39.2 Å². The number of aliphatic carboxylic acids is 2. The third kappa shape index (κ3) is 2.57. The van der Waals surface area contributed by atoms with E-state index in [1.54, 1.807) is 12.3 Å².